The van der Waals surface area contributed by atoms with Crippen molar-refractivity contribution in [3.63, 3.8) is 0 Å². The van der Waals surface area contributed by atoms with Gasteiger partial charge in [-0.25, -0.2) is 4.68 Å². The molecule has 0 N–H and O–H groups in total. The van der Waals surface area contributed by atoms with Crippen LogP contribution >= 0.6 is 0 Å². The summed E-state index contributed by atoms with van der Waals surface area (Å²) < 4.78 is 1.30. The average Bonchev–Trinajstić information content (AvgIpc) is 2.66. The van der Waals surface area contributed by atoms with Crippen molar-refractivity contribution >= 4 is 5.71 Å². The number of benzene rings is 2. The second kappa shape index (κ2) is 7.20. The van der Waals surface area contributed by atoms with Crippen LogP contribution < -0.4 is 5.56 Å². The van der Waals surface area contributed by atoms with E-state index in [4.69, 9.17) is 0 Å². The van der Waals surface area contributed by atoms with Crippen molar-refractivity contribution in [2.24, 2.45) is 5.10 Å². The molecule has 3 aromatic rings. The molecule has 3 rings (SSSR count). The van der Waals surface area contributed by atoms with Crippen LogP contribution in [-0.4, -0.2) is 10.4 Å². The van der Waals surface area contributed by atoms with E-state index >= 15 is 0 Å². The number of nitriles is 1. The quantitative estimate of drug-likeness (QED) is 0.668. The van der Waals surface area contributed by atoms with Gasteiger partial charge in [0.05, 0.1) is 5.71 Å². The Bertz CT molecular complexity index is 1070. The molecule has 4 nitrogen and oxygen atoms in total. The van der Waals surface area contributed by atoms with Crippen LogP contribution in [0.2, 0.25) is 0 Å². The standard InChI is InChI=1S/C22H19N3O/c1-15-13-16(2)25(22(26)21(15)14-23)24-17(3)18-9-11-20(12-10-18)19-7-5-4-6-8-19/h4-13H,1-3H3/b24-17+. The van der Waals surface area contributed by atoms with Gasteiger partial charge in [0.15, 0.2) is 0 Å². The van der Waals surface area contributed by atoms with Crippen LogP contribution in [-0.2, 0) is 0 Å². The van der Waals surface area contributed by atoms with Crippen LogP contribution in [0.15, 0.2) is 70.6 Å². The van der Waals surface area contributed by atoms with Gasteiger partial charge in [0.1, 0.15) is 11.6 Å². The maximum Gasteiger partial charge on any atom is 0.289 e. The Balaban J connectivity index is 1.99. The Labute approximate surface area is 152 Å². The molecule has 0 saturated heterocycles. The van der Waals surface area contributed by atoms with E-state index in [0.29, 0.717) is 17.0 Å². The summed E-state index contributed by atoms with van der Waals surface area (Å²) in [5, 5.41) is 13.6. The van der Waals surface area contributed by atoms with Gasteiger partial charge in [-0.15, -0.1) is 0 Å². The van der Waals surface area contributed by atoms with Crippen LogP contribution in [0.3, 0.4) is 0 Å². The van der Waals surface area contributed by atoms with Gasteiger partial charge >= 0.3 is 0 Å². The third-order valence-corrected chi connectivity index (χ3v) is 4.33. The molecule has 4 heteroatoms. The Morgan fingerprint density at radius 2 is 1.62 bits per heavy atom. The van der Waals surface area contributed by atoms with Crippen molar-refractivity contribution in [3.8, 4) is 17.2 Å². The molecular weight excluding hydrogens is 322 g/mol. The van der Waals surface area contributed by atoms with Crippen LogP contribution in [0, 0.1) is 25.2 Å². The molecule has 1 aromatic heterocycles. The number of hydrogen-bond donors (Lipinski definition) is 0. The first-order chi connectivity index (χ1) is 12.5. The second-order valence-electron chi connectivity index (χ2n) is 6.20. The first kappa shape index (κ1) is 17.4. The minimum atomic E-state index is -0.384. The van der Waals surface area contributed by atoms with Gasteiger partial charge in [0.25, 0.3) is 5.56 Å². The normalized spacial score (nSPS) is 11.2. The van der Waals surface area contributed by atoms with E-state index in [-0.39, 0.29) is 11.1 Å². The molecule has 0 spiro atoms. The maximum absolute atomic E-state index is 12.5. The Kier molecular flexibility index (Phi) is 4.81. The molecule has 0 saturated carbocycles. The topological polar surface area (TPSA) is 58.1 Å². The largest absolute Gasteiger partial charge is 0.289 e. The SMILES string of the molecule is C/C(=N\n1c(C)cc(C)c(C#N)c1=O)c1ccc(-c2ccccc2)cc1. The van der Waals surface area contributed by atoms with Crippen LogP contribution in [0.1, 0.15) is 29.3 Å². The van der Waals surface area contributed by atoms with Gasteiger partial charge in [-0.05, 0) is 49.1 Å². The summed E-state index contributed by atoms with van der Waals surface area (Å²) in [6, 6.07) is 22.0. The molecule has 128 valence electrons. The molecule has 0 aliphatic carbocycles. The van der Waals surface area contributed by atoms with E-state index in [2.05, 4.69) is 17.2 Å². The third kappa shape index (κ3) is 3.33. The van der Waals surface area contributed by atoms with Crippen molar-refractivity contribution < 1.29 is 0 Å². The first-order valence-electron chi connectivity index (χ1n) is 8.36. The van der Waals surface area contributed by atoms with E-state index < -0.39 is 0 Å². The maximum atomic E-state index is 12.5. The zero-order chi connectivity index (χ0) is 18.7. The summed E-state index contributed by atoms with van der Waals surface area (Å²) in [5.74, 6) is 0. The van der Waals surface area contributed by atoms with Crippen LogP contribution in [0.25, 0.3) is 11.1 Å². The molecule has 0 unspecified atom stereocenters. The number of hydrogen-bond acceptors (Lipinski definition) is 3. The fourth-order valence-electron chi connectivity index (χ4n) is 2.88. The summed E-state index contributed by atoms with van der Waals surface area (Å²) in [5.41, 5.74) is 5.03. The summed E-state index contributed by atoms with van der Waals surface area (Å²) in [6.07, 6.45) is 0. The number of aromatic nitrogens is 1. The van der Waals surface area contributed by atoms with Crippen molar-refractivity contribution in [2.75, 3.05) is 0 Å². The molecular formula is C22H19N3O. The molecule has 0 bridgehead atoms. The molecule has 1 heterocycles. The zero-order valence-corrected chi connectivity index (χ0v) is 15.0. The van der Waals surface area contributed by atoms with Gasteiger partial charge in [-0.2, -0.15) is 10.4 Å². The predicted molar refractivity (Wildman–Crippen MR) is 104 cm³/mol. The molecule has 0 aliphatic heterocycles. The highest BCUT2D eigenvalue weighted by atomic mass is 16.1. The molecule has 26 heavy (non-hydrogen) atoms. The van der Waals surface area contributed by atoms with E-state index in [1.54, 1.807) is 13.0 Å². The average molecular weight is 341 g/mol. The van der Waals surface area contributed by atoms with E-state index in [1.165, 1.54) is 4.68 Å². The lowest BCUT2D eigenvalue weighted by Gasteiger charge is -2.09. The zero-order valence-electron chi connectivity index (χ0n) is 15.0. The molecule has 2 aromatic carbocycles. The van der Waals surface area contributed by atoms with Gasteiger partial charge in [0.2, 0.25) is 0 Å². The highest BCUT2D eigenvalue weighted by Gasteiger charge is 2.10. The van der Waals surface area contributed by atoms with Gasteiger partial charge in [0, 0.05) is 5.69 Å². The van der Waals surface area contributed by atoms with E-state index in [9.17, 15) is 10.1 Å². The fourth-order valence-corrected chi connectivity index (χ4v) is 2.88. The third-order valence-electron chi connectivity index (χ3n) is 4.33. The molecule has 0 fully saturated rings. The molecule has 0 aliphatic rings. The minimum absolute atomic E-state index is 0.131. The van der Waals surface area contributed by atoms with Crippen LogP contribution in [0.4, 0.5) is 0 Å². The number of nitrogens with zero attached hydrogens (tertiary/aromatic N) is 3. The highest BCUT2D eigenvalue weighted by Crippen LogP contribution is 2.19. The van der Waals surface area contributed by atoms with Crippen molar-refractivity contribution in [1.29, 1.82) is 5.26 Å². The summed E-state index contributed by atoms with van der Waals surface area (Å²) >= 11 is 0. The van der Waals surface area contributed by atoms with Crippen molar-refractivity contribution in [3.05, 3.63) is 93.4 Å². The number of rotatable bonds is 3. The molecule has 0 amide bonds. The van der Waals surface area contributed by atoms with Crippen LogP contribution in [0.5, 0.6) is 0 Å². The van der Waals surface area contributed by atoms with Gasteiger partial charge < -0.3 is 0 Å². The van der Waals surface area contributed by atoms with E-state index in [0.717, 1.165) is 16.7 Å². The monoisotopic (exact) mass is 341 g/mol. The Hall–Kier alpha value is -3.45. The lowest BCUT2D eigenvalue weighted by atomic mass is 10.0. The molecule has 0 radical (unpaired) electrons. The summed E-state index contributed by atoms with van der Waals surface area (Å²) in [6.45, 7) is 5.43. The lowest BCUT2D eigenvalue weighted by molar-refractivity contribution is 0.781. The summed E-state index contributed by atoms with van der Waals surface area (Å²) in [7, 11) is 0. The van der Waals surface area contributed by atoms with Gasteiger partial charge in [-0.3, -0.25) is 4.79 Å². The Morgan fingerprint density at radius 3 is 2.23 bits per heavy atom. The molecule has 0 atom stereocenters. The number of pyridine rings is 1. The van der Waals surface area contributed by atoms with Crippen molar-refractivity contribution in [1.82, 2.24) is 4.68 Å². The van der Waals surface area contributed by atoms with Gasteiger partial charge in [-0.1, -0.05) is 54.6 Å². The predicted octanol–water partition coefficient (Wildman–Crippen LogP) is 4.28. The van der Waals surface area contributed by atoms with Crippen molar-refractivity contribution in [2.45, 2.75) is 20.8 Å². The number of aryl methyl sites for hydroxylation is 2. The first-order valence-corrected chi connectivity index (χ1v) is 8.36. The second-order valence-corrected chi connectivity index (χ2v) is 6.20. The minimum Gasteiger partial charge on any atom is -0.266 e. The highest BCUT2D eigenvalue weighted by molar-refractivity contribution is 5.99. The lowest BCUT2D eigenvalue weighted by Crippen LogP contribution is -2.23. The Morgan fingerprint density at radius 1 is 1.00 bits per heavy atom. The summed E-state index contributed by atoms with van der Waals surface area (Å²) in [4.78, 5) is 12.5. The smallest absolute Gasteiger partial charge is 0.266 e. The fraction of sp³-hybridized carbons (Fsp3) is 0.136. The van der Waals surface area contributed by atoms with E-state index in [1.807, 2.05) is 62.4 Å².